The molecule has 5 nitrogen and oxygen atoms in total. The highest BCUT2D eigenvalue weighted by Crippen LogP contribution is 2.15. The second-order valence-electron chi connectivity index (χ2n) is 2.39. The monoisotopic (exact) mass is 250 g/mol. The minimum atomic E-state index is -0.503. The van der Waals surface area contributed by atoms with Crippen molar-refractivity contribution in [3.8, 4) is 6.01 Å². The summed E-state index contributed by atoms with van der Waals surface area (Å²) in [5, 5.41) is 0.294. The van der Waals surface area contributed by atoms with Crippen molar-refractivity contribution in [2.75, 3.05) is 13.2 Å². The maximum atomic E-state index is 10.9. The summed E-state index contributed by atoms with van der Waals surface area (Å²) >= 11 is 11.2. The second kappa shape index (κ2) is 5.72. The van der Waals surface area contributed by atoms with Crippen LogP contribution in [0.1, 0.15) is 6.92 Å². The fourth-order valence-corrected chi connectivity index (χ4v) is 1.17. The summed E-state index contributed by atoms with van der Waals surface area (Å²) < 4.78 is 9.55. The van der Waals surface area contributed by atoms with Crippen LogP contribution in [-0.2, 0) is 9.53 Å². The molecule has 1 aromatic rings. The van der Waals surface area contributed by atoms with E-state index in [1.54, 1.807) is 6.92 Å². The molecule has 0 aliphatic heterocycles. The Hall–Kier alpha value is -1.07. The largest absolute Gasteiger partial charge is 0.463 e. The van der Waals surface area contributed by atoms with Crippen LogP contribution in [0.3, 0.4) is 0 Å². The van der Waals surface area contributed by atoms with E-state index in [-0.39, 0.29) is 22.9 Å². The molecule has 0 atom stereocenters. The highest BCUT2D eigenvalue weighted by Gasteiger charge is 2.06. The zero-order valence-corrected chi connectivity index (χ0v) is 9.38. The van der Waals surface area contributed by atoms with E-state index in [1.165, 1.54) is 6.07 Å². The van der Waals surface area contributed by atoms with E-state index in [1.807, 2.05) is 0 Å². The first-order chi connectivity index (χ1) is 7.11. The smallest absolute Gasteiger partial charge is 0.344 e. The van der Waals surface area contributed by atoms with Gasteiger partial charge in [-0.05, 0) is 6.92 Å². The quantitative estimate of drug-likeness (QED) is 0.602. The van der Waals surface area contributed by atoms with E-state index in [0.29, 0.717) is 6.61 Å². The number of rotatable bonds is 4. The van der Waals surface area contributed by atoms with E-state index in [2.05, 4.69) is 14.7 Å². The molecule has 0 radical (unpaired) electrons. The van der Waals surface area contributed by atoms with Crippen molar-refractivity contribution in [3.63, 3.8) is 0 Å². The van der Waals surface area contributed by atoms with Crippen LogP contribution in [-0.4, -0.2) is 29.2 Å². The minimum Gasteiger partial charge on any atom is -0.463 e. The van der Waals surface area contributed by atoms with Crippen molar-refractivity contribution in [1.82, 2.24) is 9.97 Å². The van der Waals surface area contributed by atoms with Gasteiger partial charge in [-0.25, -0.2) is 4.79 Å². The summed E-state index contributed by atoms with van der Waals surface area (Å²) in [4.78, 5) is 18.3. The van der Waals surface area contributed by atoms with Gasteiger partial charge in [0.05, 0.1) is 6.61 Å². The molecule has 1 aromatic heterocycles. The van der Waals surface area contributed by atoms with Crippen molar-refractivity contribution in [2.45, 2.75) is 6.92 Å². The van der Waals surface area contributed by atoms with Crippen LogP contribution in [0.4, 0.5) is 0 Å². The van der Waals surface area contributed by atoms with Crippen molar-refractivity contribution >= 4 is 29.2 Å². The van der Waals surface area contributed by atoms with Gasteiger partial charge in [0.2, 0.25) is 0 Å². The number of carbonyl (C=O) groups excluding carboxylic acids is 1. The van der Waals surface area contributed by atoms with Gasteiger partial charge < -0.3 is 9.47 Å². The Morgan fingerprint density at radius 2 is 2.00 bits per heavy atom. The Bertz CT molecular complexity index is 339. The van der Waals surface area contributed by atoms with Crippen LogP contribution >= 0.6 is 23.2 Å². The van der Waals surface area contributed by atoms with Crippen LogP contribution in [0.25, 0.3) is 0 Å². The number of esters is 1. The topological polar surface area (TPSA) is 61.3 Å². The molecule has 7 heteroatoms. The van der Waals surface area contributed by atoms with Gasteiger partial charge in [-0.2, -0.15) is 9.97 Å². The zero-order chi connectivity index (χ0) is 11.3. The van der Waals surface area contributed by atoms with Gasteiger partial charge >= 0.3 is 12.0 Å². The number of carbonyl (C=O) groups is 1. The molecule has 82 valence electrons. The van der Waals surface area contributed by atoms with Gasteiger partial charge in [-0.1, -0.05) is 23.2 Å². The SMILES string of the molecule is CCOC(=O)COc1nc(Cl)cc(Cl)n1. The standard InChI is InChI=1S/C8H8Cl2N2O3/c1-2-14-7(13)4-15-8-11-5(9)3-6(10)12-8/h3H,2,4H2,1H3. The first-order valence-electron chi connectivity index (χ1n) is 4.10. The molecular formula is C8H8Cl2N2O3. The Kier molecular flexibility index (Phi) is 4.58. The third kappa shape index (κ3) is 4.31. The summed E-state index contributed by atoms with van der Waals surface area (Å²) in [6.07, 6.45) is 0. The first-order valence-corrected chi connectivity index (χ1v) is 4.86. The van der Waals surface area contributed by atoms with Gasteiger partial charge in [0.25, 0.3) is 0 Å². The summed E-state index contributed by atoms with van der Waals surface area (Å²) in [6, 6.07) is 1.31. The lowest BCUT2D eigenvalue weighted by molar-refractivity contribution is -0.145. The number of aromatic nitrogens is 2. The Labute approximate surface area is 96.3 Å². The van der Waals surface area contributed by atoms with Crippen molar-refractivity contribution in [2.24, 2.45) is 0 Å². The van der Waals surface area contributed by atoms with Crippen LogP contribution in [0.5, 0.6) is 6.01 Å². The maximum absolute atomic E-state index is 10.9. The number of nitrogens with zero attached hydrogens (tertiary/aromatic N) is 2. The van der Waals surface area contributed by atoms with Gasteiger partial charge in [-0.15, -0.1) is 0 Å². The number of halogens is 2. The molecule has 0 unspecified atom stereocenters. The van der Waals surface area contributed by atoms with Gasteiger partial charge in [0, 0.05) is 6.07 Å². The normalized spacial score (nSPS) is 9.80. The summed E-state index contributed by atoms with van der Waals surface area (Å²) in [5.74, 6) is -0.503. The first kappa shape index (κ1) is 12.0. The molecule has 0 aliphatic rings. The fraction of sp³-hybridized carbons (Fsp3) is 0.375. The lowest BCUT2D eigenvalue weighted by Crippen LogP contribution is -2.15. The lowest BCUT2D eigenvalue weighted by atomic mass is 10.7. The van der Waals surface area contributed by atoms with Crippen LogP contribution in [0, 0.1) is 0 Å². The number of hydrogen-bond acceptors (Lipinski definition) is 5. The van der Waals surface area contributed by atoms with Gasteiger partial charge in [0.15, 0.2) is 6.61 Å². The molecule has 1 heterocycles. The summed E-state index contributed by atoms with van der Waals surface area (Å²) in [7, 11) is 0. The second-order valence-corrected chi connectivity index (χ2v) is 3.16. The molecule has 15 heavy (non-hydrogen) atoms. The van der Waals surface area contributed by atoms with Crippen LogP contribution in [0.2, 0.25) is 10.3 Å². The highest BCUT2D eigenvalue weighted by molar-refractivity contribution is 6.33. The van der Waals surface area contributed by atoms with E-state index in [0.717, 1.165) is 0 Å². The van der Waals surface area contributed by atoms with E-state index < -0.39 is 5.97 Å². The molecule has 0 spiro atoms. The molecular weight excluding hydrogens is 243 g/mol. The zero-order valence-electron chi connectivity index (χ0n) is 7.87. The van der Waals surface area contributed by atoms with Gasteiger partial charge in [0.1, 0.15) is 10.3 Å². The average Bonchev–Trinajstić information content (AvgIpc) is 2.14. The number of hydrogen-bond donors (Lipinski definition) is 0. The predicted octanol–water partition coefficient (Wildman–Crippen LogP) is 1.73. The van der Waals surface area contributed by atoms with Gasteiger partial charge in [-0.3, -0.25) is 0 Å². The van der Waals surface area contributed by atoms with Crippen molar-refractivity contribution < 1.29 is 14.3 Å². The third-order valence-electron chi connectivity index (χ3n) is 1.27. The van der Waals surface area contributed by atoms with Crippen molar-refractivity contribution in [3.05, 3.63) is 16.4 Å². The Morgan fingerprint density at radius 1 is 1.40 bits per heavy atom. The fourth-order valence-electron chi connectivity index (χ4n) is 0.761. The van der Waals surface area contributed by atoms with Crippen LogP contribution in [0.15, 0.2) is 6.07 Å². The predicted molar refractivity (Wildman–Crippen MR) is 54.2 cm³/mol. The van der Waals surface area contributed by atoms with E-state index in [4.69, 9.17) is 27.9 Å². The summed E-state index contributed by atoms with van der Waals surface area (Å²) in [5.41, 5.74) is 0. The highest BCUT2D eigenvalue weighted by atomic mass is 35.5. The van der Waals surface area contributed by atoms with E-state index >= 15 is 0 Å². The van der Waals surface area contributed by atoms with Crippen molar-refractivity contribution in [1.29, 1.82) is 0 Å². The average molecular weight is 251 g/mol. The molecule has 0 aliphatic carbocycles. The Balaban J connectivity index is 2.54. The molecule has 0 saturated heterocycles. The maximum Gasteiger partial charge on any atom is 0.344 e. The Morgan fingerprint density at radius 3 is 2.53 bits per heavy atom. The third-order valence-corrected chi connectivity index (χ3v) is 1.65. The molecule has 0 aromatic carbocycles. The lowest BCUT2D eigenvalue weighted by Gasteiger charge is -2.04. The molecule has 1 rings (SSSR count). The number of ether oxygens (including phenoxy) is 2. The van der Waals surface area contributed by atoms with Crippen LogP contribution < -0.4 is 4.74 Å². The molecule has 0 amide bonds. The molecule has 0 saturated carbocycles. The minimum absolute atomic E-state index is 0.0550. The molecule has 0 fully saturated rings. The molecule has 0 bridgehead atoms. The molecule has 0 N–H and O–H groups in total. The summed E-state index contributed by atoms with van der Waals surface area (Å²) in [6.45, 7) is 1.72. The van der Waals surface area contributed by atoms with E-state index in [9.17, 15) is 4.79 Å².